The number of fused-ring (bicyclic) bond motifs is 1. The lowest BCUT2D eigenvalue weighted by atomic mass is 10.1. The predicted molar refractivity (Wildman–Crippen MR) is 121 cm³/mol. The molecule has 2 aromatic heterocycles. The SMILES string of the molecule is COc1ccc(-c2nc3n(c2NC(C)(C)C)CCN(C(=O)c2cscn2)C3)cc1OC. The first-order chi connectivity index (χ1) is 14.8. The number of methoxy groups -OCH3 is 2. The van der Waals surface area contributed by atoms with Crippen LogP contribution in [0.2, 0.25) is 0 Å². The molecule has 4 rings (SSSR count). The Bertz CT molecular complexity index is 1090. The molecular formula is C22H27N5O3S. The Morgan fingerprint density at radius 2 is 1.94 bits per heavy atom. The van der Waals surface area contributed by atoms with E-state index < -0.39 is 0 Å². The summed E-state index contributed by atoms with van der Waals surface area (Å²) in [7, 11) is 3.24. The van der Waals surface area contributed by atoms with E-state index in [1.807, 2.05) is 18.2 Å². The van der Waals surface area contributed by atoms with Gasteiger partial charge in [-0.1, -0.05) is 0 Å². The van der Waals surface area contributed by atoms with Gasteiger partial charge in [-0.05, 0) is 39.0 Å². The molecule has 0 fully saturated rings. The minimum atomic E-state index is -0.157. The Morgan fingerprint density at radius 1 is 1.16 bits per heavy atom. The van der Waals surface area contributed by atoms with Gasteiger partial charge in [0, 0.05) is 29.6 Å². The van der Waals surface area contributed by atoms with Crippen molar-refractivity contribution in [3.05, 3.63) is 40.6 Å². The van der Waals surface area contributed by atoms with Crippen LogP contribution < -0.4 is 14.8 Å². The lowest BCUT2D eigenvalue weighted by molar-refractivity contribution is 0.0703. The van der Waals surface area contributed by atoms with Crippen molar-refractivity contribution in [3.63, 3.8) is 0 Å². The molecule has 1 amide bonds. The molecule has 0 bridgehead atoms. The van der Waals surface area contributed by atoms with E-state index in [1.54, 1.807) is 30.0 Å². The fourth-order valence-electron chi connectivity index (χ4n) is 3.65. The minimum Gasteiger partial charge on any atom is -0.493 e. The Labute approximate surface area is 185 Å². The summed E-state index contributed by atoms with van der Waals surface area (Å²) in [5, 5.41) is 5.39. The number of ether oxygens (including phenoxy) is 2. The minimum absolute atomic E-state index is 0.0616. The molecule has 31 heavy (non-hydrogen) atoms. The van der Waals surface area contributed by atoms with Crippen molar-refractivity contribution in [1.29, 1.82) is 0 Å². The fraction of sp³-hybridized carbons (Fsp3) is 0.409. The molecule has 1 N–H and O–H groups in total. The van der Waals surface area contributed by atoms with Crippen molar-refractivity contribution >= 4 is 23.1 Å². The first-order valence-corrected chi connectivity index (χ1v) is 11.0. The highest BCUT2D eigenvalue weighted by molar-refractivity contribution is 7.07. The molecular weight excluding hydrogens is 414 g/mol. The van der Waals surface area contributed by atoms with Crippen LogP contribution in [0, 0.1) is 0 Å². The lowest BCUT2D eigenvalue weighted by Gasteiger charge is -2.30. The molecule has 1 aromatic carbocycles. The topological polar surface area (TPSA) is 81.5 Å². The molecule has 1 aliphatic rings. The smallest absolute Gasteiger partial charge is 0.273 e. The molecule has 0 saturated heterocycles. The van der Waals surface area contributed by atoms with Gasteiger partial charge in [-0.2, -0.15) is 0 Å². The van der Waals surface area contributed by atoms with Crippen LogP contribution in [0.25, 0.3) is 11.3 Å². The molecule has 0 spiro atoms. The van der Waals surface area contributed by atoms with Crippen LogP contribution >= 0.6 is 11.3 Å². The molecule has 0 radical (unpaired) electrons. The van der Waals surface area contributed by atoms with E-state index >= 15 is 0 Å². The van der Waals surface area contributed by atoms with Crippen molar-refractivity contribution < 1.29 is 14.3 Å². The maximum Gasteiger partial charge on any atom is 0.273 e. The Hall–Kier alpha value is -3.07. The first-order valence-electron chi connectivity index (χ1n) is 10.1. The van der Waals surface area contributed by atoms with E-state index in [4.69, 9.17) is 14.5 Å². The third-order valence-electron chi connectivity index (χ3n) is 5.06. The number of imidazole rings is 1. The number of thiazole rings is 1. The van der Waals surface area contributed by atoms with Gasteiger partial charge in [-0.25, -0.2) is 9.97 Å². The summed E-state index contributed by atoms with van der Waals surface area (Å²) < 4.78 is 13.0. The second-order valence-electron chi connectivity index (χ2n) is 8.42. The molecule has 0 saturated carbocycles. The molecule has 164 valence electrons. The van der Waals surface area contributed by atoms with Gasteiger partial charge in [0.1, 0.15) is 23.0 Å². The van der Waals surface area contributed by atoms with Crippen molar-refractivity contribution in [2.75, 3.05) is 26.1 Å². The summed E-state index contributed by atoms with van der Waals surface area (Å²) in [6.45, 7) is 8.04. The Kier molecular flexibility index (Phi) is 5.62. The number of carbonyl (C=O) groups is 1. The number of anilines is 1. The molecule has 0 aliphatic carbocycles. The van der Waals surface area contributed by atoms with E-state index in [1.165, 1.54) is 11.3 Å². The van der Waals surface area contributed by atoms with Gasteiger partial charge >= 0.3 is 0 Å². The summed E-state index contributed by atoms with van der Waals surface area (Å²) in [5.74, 6) is 3.03. The molecule has 3 heterocycles. The highest BCUT2D eigenvalue weighted by Gasteiger charge is 2.29. The largest absolute Gasteiger partial charge is 0.493 e. The molecule has 8 nitrogen and oxygen atoms in total. The number of aromatic nitrogens is 3. The van der Waals surface area contributed by atoms with E-state index in [2.05, 4.69) is 35.6 Å². The number of nitrogens with one attached hydrogen (secondary N) is 1. The summed E-state index contributed by atoms with van der Waals surface area (Å²) in [5.41, 5.74) is 3.75. The van der Waals surface area contributed by atoms with Gasteiger partial charge in [0.05, 0.1) is 26.3 Å². The second kappa shape index (κ2) is 8.22. The quantitative estimate of drug-likeness (QED) is 0.647. The van der Waals surface area contributed by atoms with Crippen LogP contribution in [0.3, 0.4) is 0 Å². The number of benzene rings is 1. The molecule has 3 aromatic rings. The number of carbonyl (C=O) groups excluding carboxylic acids is 1. The zero-order valence-electron chi connectivity index (χ0n) is 18.4. The monoisotopic (exact) mass is 441 g/mol. The molecule has 0 unspecified atom stereocenters. The van der Waals surface area contributed by atoms with Crippen molar-refractivity contribution in [1.82, 2.24) is 19.4 Å². The maximum atomic E-state index is 12.8. The van der Waals surface area contributed by atoms with E-state index in [-0.39, 0.29) is 11.4 Å². The zero-order valence-corrected chi connectivity index (χ0v) is 19.2. The van der Waals surface area contributed by atoms with Crippen LogP contribution in [-0.4, -0.2) is 51.6 Å². The third-order valence-corrected chi connectivity index (χ3v) is 5.65. The maximum absolute atomic E-state index is 12.8. The average molecular weight is 442 g/mol. The summed E-state index contributed by atoms with van der Waals surface area (Å²) in [6, 6.07) is 5.78. The molecule has 9 heteroatoms. The van der Waals surface area contributed by atoms with Gasteiger partial charge in [-0.15, -0.1) is 11.3 Å². The number of rotatable bonds is 5. The summed E-state index contributed by atoms with van der Waals surface area (Å²) in [6.07, 6.45) is 0. The average Bonchev–Trinajstić information content (AvgIpc) is 3.40. The van der Waals surface area contributed by atoms with Crippen molar-refractivity contribution in [2.45, 2.75) is 39.4 Å². The van der Waals surface area contributed by atoms with E-state index in [0.29, 0.717) is 36.8 Å². The number of nitrogens with zero attached hydrogens (tertiary/aromatic N) is 4. The van der Waals surface area contributed by atoms with Gasteiger partial charge in [0.2, 0.25) is 0 Å². The van der Waals surface area contributed by atoms with Crippen LogP contribution in [0.5, 0.6) is 11.5 Å². The van der Waals surface area contributed by atoms with Crippen LogP contribution in [0.15, 0.2) is 29.1 Å². The molecule has 0 atom stereocenters. The van der Waals surface area contributed by atoms with E-state index in [0.717, 1.165) is 22.9 Å². The first kappa shape index (κ1) is 21.2. The zero-order chi connectivity index (χ0) is 22.2. The Morgan fingerprint density at radius 3 is 2.58 bits per heavy atom. The van der Waals surface area contributed by atoms with Gasteiger partial charge in [0.25, 0.3) is 5.91 Å². The van der Waals surface area contributed by atoms with Crippen LogP contribution in [-0.2, 0) is 13.1 Å². The summed E-state index contributed by atoms with van der Waals surface area (Å²) >= 11 is 1.42. The normalized spacial score (nSPS) is 13.6. The fourth-order valence-corrected chi connectivity index (χ4v) is 4.18. The molecule has 1 aliphatic heterocycles. The van der Waals surface area contributed by atoms with Gasteiger partial charge in [-0.3, -0.25) is 4.79 Å². The van der Waals surface area contributed by atoms with Crippen LogP contribution in [0.4, 0.5) is 5.82 Å². The Balaban J connectivity index is 1.74. The predicted octanol–water partition coefficient (Wildman–Crippen LogP) is 3.89. The van der Waals surface area contributed by atoms with Gasteiger partial charge in [0.15, 0.2) is 11.5 Å². The summed E-state index contributed by atoms with van der Waals surface area (Å²) in [4.78, 5) is 23.7. The van der Waals surface area contributed by atoms with Crippen molar-refractivity contribution in [3.8, 4) is 22.8 Å². The number of hydrogen-bond donors (Lipinski definition) is 1. The van der Waals surface area contributed by atoms with Crippen molar-refractivity contribution in [2.24, 2.45) is 0 Å². The third kappa shape index (κ3) is 4.23. The van der Waals surface area contributed by atoms with Crippen LogP contribution in [0.1, 0.15) is 37.1 Å². The standard InChI is InChI=1S/C22H27N5O3S/c1-22(2,3)25-20-19(14-6-7-16(29-4)17(10-14)30-5)24-18-11-26(8-9-27(18)20)21(28)15-12-31-13-23-15/h6-7,10,12-13,25H,8-9,11H2,1-5H3. The second-order valence-corrected chi connectivity index (χ2v) is 9.14. The number of amides is 1. The van der Waals surface area contributed by atoms with Gasteiger partial charge < -0.3 is 24.3 Å². The highest BCUT2D eigenvalue weighted by atomic mass is 32.1. The lowest BCUT2D eigenvalue weighted by Crippen LogP contribution is -2.39. The number of hydrogen-bond acceptors (Lipinski definition) is 7. The van der Waals surface area contributed by atoms with E-state index in [9.17, 15) is 4.79 Å². The highest BCUT2D eigenvalue weighted by Crippen LogP contribution is 2.37.